The van der Waals surface area contributed by atoms with E-state index >= 15 is 0 Å². The third kappa shape index (κ3) is 3.22. The van der Waals surface area contributed by atoms with Crippen LogP contribution in [0.3, 0.4) is 0 Å². The average Bonchev–Trinajstić information content (AvgIpc) is 3.23. The van der Waals surface area contributed by atoms with E-state index in [9.17, 15) is 0 Å². The second-order valence-corrected chi connectivity index (χ2v) is 6.73. The van der Waals surface area contributed by atoms with Crippen molar-refractivity contribution in [3.05, 3.63) is 24.4 Å². The van der Waals surface area contributed by atoms with E-state index in [1.54, 1.807) is 6.20 Å². The molecular weight excluding hydrogens is 264 g/mol. The van der Waals surface area contributed by atoms with Crippen LogP contribution in [0, 0.1) is 11.8 Å². The second kappa shape index (κ2) is 5.93. The van der Waals surface area contributed by atoms with Gasteiger partial charge < -0.3 is 9.47 Å². The number of hydrogen-bond donors (Lipinski definition) is 0. The molecule has 2 aliphatic carbocycles. The molecule has 0 aromatic carbocycles. The summed E-state index contributed by atoms with van der Waals surface area (Å²) in [6.07, 6.45) is 7.42. The first-order chi connectivity index (χ1) is 10.4. The van der Waals surface area contributed by atoms with Crippen molar-refractivity contribution in [2.75, 3.05) is 26.3 Å². The van der Waals surface area contributed by atoms with Crippen molar-refractivity contribution in [1.29, 1.82) is 0 Å². The third-order valence-electron chi connectivity index (χ3n) is 5.04. The predicted molar refractivity (Wildman–Crippen MR) is 80.3 cm³/mol. The summed E-state index contributed by atoms with van der Waals surface area (Å²) in [5, 5.41) is 0. The van der Waals surface area contributed by atoms with Crippen LogP contribution in [-0.2, 0) is 4.74 Å². The summed E-state index contributed by atoms with van der Waals surface area (Å²) in [5.41, 5.74) is 0. The summed E-state index contributed by atoms with van der Waals surface area (Å²) < 4.78 is 11.8. The minimum absolute atomic E-state index is 0.426. The van der Waals surface area contributed by atoms with Gasteiger partial charge in [0.25, 0.3) is 0 Å². The van der Waals surface area contributed by atoms with Crippen LogP contribution in [0.5, 0.6) is 5.88 Å². The van der Waals surface area contributed by atoms with Crippen LogP contribution in [0.25, 0.3) is 0 Å². The van der Waals surface area contributed by atoms with E-state index in [-0.39, 0.29) is 0 Å². The molecule has 2 saturated carbocycles. The molecule has 0 radical (unpaired) electrons. The van der Waals surface area contributed by atoms with Gasteiger partial charge in [-0.25, -0.2) is 4.98 Å². The standard InChI is InChI=1S/C17H24N2O2/c1-2-6-18-17(3-1)21-12-14-9-15-16(10-14)20-8-7-19(15)11-13-4-5-13/h1-3,6,13-16H,4-5,7-12H2. The van der Waals surface area contributed by atoms with Crippen LogP contribution in [0.2, 0.25) is 0 Å². The van der Waals surface area contributed by atoms with Crippen molar-refractivity contribution >= 4 is 0 Å². The Morgan fingerprint density at radius 3 is 3.00 bits per heavy atom. The van der Waals surface area contributed by atoms with E-state index in [0.29, 0.717) is 18.1 Å². The largest absolute Gasteiger partial charge is 0.477 e. The minimum atomic E-state index is 0.426. The monoisotopic (exact) mass is 288 g/mol. The number of morpholine rings is 1. The van der Waals surface area contributed by atoms with E-state index in [1.165, 1.54) is 25.8 Å². The Morgan fingerprint density at radius 1 is 1.24 bits per heavy atom. The quantitative estimate of drug-likeness (QED) is 0.833. The summed E-state index contributed by atoms with van der Waals surface area (Å²) in [4.78, 5) is 6.92. The Hall–Kier alpha value is -1.13. The highest BCUT2D eigenvalue weighted by Gasteiger charge is 2.42. The maximum absolute atomic E-state index is 6.00. The zero-order chi connectivity index (χ0) is 14.1. The zero-order valence-corrected chi connectivity index (χ0v) is 12.5. The Labute approximate surface area is 126 Å². The van der Waals surface area contributed by atoms with Gasteiger partial charge in [-0.2, -0.15) is 0 Å². The topological polar surface area (TPSA) is 34.6 Å². The maximum atomic E-state index is 6.00. The SMILES string of the molecule is c1ccc(OCC2CC3OCCN(CC4CC4)C3C2)nc1. The molecule has 1 aromatic heterocycles. The van der Waals surface area contributed by atoms with E-state index in [1.807, 2.05) is 18.2 Å². The molecular formula is C17H24N2O2. The first-order valence-corrected chi connectivity index (χ1v) is 8.28. The Morgan fingerprint density at radius 2 is 2.19 bits per heavy atom. The molecule has 1 aromatic rings. The van der Waals surface area contributed by atoms with Gasteiger partial charge in [-0.15, -0.1) is 0 Å². The smallest absolute Gasteiger partial charge is 0.213 e. The van der Waals surface area contributed by atoms with Gasteiger partial charge in [-0.1, -0.05) is 6.07 Å². The number of aromatic nitrogens is 1. The summed E-state index contributed by atoms with van der Waals surface area (Å²) in [6, 6.07) is 6.44. The molecule has 4 nitrogen and oxygen atoms in total. The van der Waals surface area contributed by atoms with Crippen molar-refractivity contribution in [3.63, 3.8) is 0 Å². The van der Waals surface area contributed by atoms with Gasteiger partial charge in [-0.3, -0.25) is 4.90 Å². The fraction of sp³-hybridized carbons (Fsp3) is 0.706. The molecule has 0 N–H and O–H groups in total. The molecule has 2 heterocycles. The number of hydrogen-bond acceptors (Lipinski definition) is 4. The van der Waals surface area contributed by atoms with Crippen LogP contribution in [0.15, 0.2) is 24.4 Å². The lowest BCUT2D eigenvalue weighted by Gasteiger charge is -2.37. The number of rotatable bonds is 5. The highest BCUT2D eigenvalue weighted by molar-refractivity contribution is 5.09. The molecule has 3 aliphatic rings. The first kappa shape index (κ1) is 13.5. The van der Waals surface area contributed by atoms with Gasteiger partial charge in [0.05, 0.1) is 19.3 Å². The Balaban J connectivity index is 1.32. The number of nitrogens with zero attached hydrogens (tertiary/aromatic N) is 2. The average molecular weight is 288 g/mol. The predicted octanol–water partition coefficient (Wildman–Crippen LogP) is 2.35. The highest BCUT2D eigenvalue weighted by Crippen LogP contribution is 2.37. The van der Waals surface area contributed by atoms with Crippen molar-refractivity contribution in [2.24, 2.45) is 11.8 Å². The lowest BCUT2D eigenvalue weighted by atomic mass is 10.1. The second-order valence-electron chi connectivity index (χ2n) is 6.73. The van der Waals surface area contributed by atoms with Crippen molar-refractivity contribution in [2.45, 2.75) is 37.8 Å². The Bertz CT molecular complexity index is 463. The normalized spacial score (nSPS) is 32.9. The third-order valence-corrected chi connectivity index (χ3v) is 5.04. The molecule has 0 spiro atoms. The van der Waals surface area contributed by atoms with Crippen molar-refractivity contribution in [3.8, 4) is 5.88 Å². The van der Waals surface area contributed by atoms with Gasteiger partial charge in [-0.05, 0) is 43.6 Å². The van der Waals surface area contributed by atoms with E-state index in [2.05, 4.69) is 9.88 Å². The van der Waals surface area contributed by atoms with Crippen LogP contribution in [0.4, 0.5) is 0 Å². The first-order valence-electron chi connectivity index (χ1n) is 8.28. The lowest BCUT2D eigenvalue weighted by Crippen LogP contribution is -2.49. The molecule has 0 amide bonds. The summed E-state index contributed by atoms with van der Waals surface area (Å²) >= 11 is 0. The fourth-order valence-corrected chi connectivity index (χ4v) is 3.76. The maximum Gasteiger partial charge on any atom is 0.213 e. The van der Waals surface area contributed by atoms with Crippen LogP contribution >= 0.6 is 0 Å². The zero-order valence-electron chi connectivity index (χ0n) is 12.5. The molecule has 4 heteroatoms. The fourth-order valence-electron chi connectivity index (χ4n) is 3.76. The minimum Gasteiger partial charge on any atom is -0.477 e. The molecule has 1 aliphatic heterocycles. The summed E-state index contributed by atoms with van der Waals surface area (Å²) in [5.74, 6) is 2.30. The molecule has 1 saturated heterocycles. The lowest BCUT2D eigenvalue weighted by molar-refractivity contribution is -0.0571. The number of pyridine rings is 1. The summed E-state index contributed by atoms with van der Waals surface area (Å²) in [7, 11) is 0. The van der Waals surface area contributed by atoms with E-state index in [0.717, 1.165) is 38.0 Å². The van der Waals surface area contributed by atoms with Crippen LogP contribution in [-0.4, -0.2) is 48.3 Å². The van der Waals surface area contributed by atoms with Crippen molar-refractivity contribution in [1.82, 2.24) is 9.88 Å². The molecule has 3 unspecified atom stereocenters. The molecule has 21 heavy (non-hydrogen) atoms. The number of ether oxygens (including phenoxy) is 2. The van der Waals surface area contributed by atoms with Gasteiger partial charge in [0.1, 0.15) is 0 Å². The molecule has 3 atom stereocenters. The van der Waals surface area contributed by atoms with Gasteiger partial charge >= 0.3 is 0 Å². The van der Waals surface area contributed by atoms with Crippen LogP contribution < -0.4 is 4.74 Å². The highest BCUT2D eigenvalue weighted by atomic mass is 16.5. The van der Waals surface area contributed by atoms with E-state index in [4.69, 9.17) is 9.47 Å². The Kier molecular flexibility index (Phi) is 3.82. The number of fused-ring (bicyclic) bond motifs is 1. The van der Waals surface area contributed by atoms with Crippen molar-refractivity contribution < 1.29 is 9.47 Å². The summed E-state index contributed by atoms with van der Waals surface area (Å²) in [6.45, 7) is 4.08. The van der Waals surface area contributed by atoms with Gasteiger partial charge in [0.2, 0.25) is 5.88 Å². The van der Waals surface area contributed by atoms with Gasteiger partial charge in [0, 0.05) is 31.4 Å². The van der Waals surface area contributed by atoms with Gasteiger partial charge in [0.15, 0.2) is 0 Å². The molecule has 4 rings (SSSR count). The van der Waals surface area contributed by atoms with E-state index < -0.39 is 0 Å². The van der Waals surface area contributed by atoms with Crippen LogP contribution in [0.1, 0.15) is 25.7 Å². The molecule has 0 bridgehead atoms. The molecule has 3 fully saturated rings. The molecule has 114 valence electrons.